The molecule has 1 atom stereocenters. The number of nitrogens with two attached hydrogens (primary N) is 1. The Bertz CT molecular complexity index is 446. The lowest BCUT2D eigenvalue weighted by molar-refractivity contribution is 0.264. The lowest BCUT2D eigenvalue weighted by Crippen LogP contribution is -2.40. The van der Waals surface area contributed by atoms with Crippen molar-refractivity contribution in [2.45, 2.75) is 38.1 Å². The fourth-order valence-electron chi connectivity index (χ4n) is 2.07. The van der Waals surface area contributed by atoms with Crippen molar-refractivity contribution in [1.29, 1.82) is 5.26 Å². The van der Waals surface area contributed by atoms with Crippen molar-refractivity contribution in [1.82, 2.24) is 0 Å². The Morgan fingerprint density at radius 1 is 1.35 bits per heavy atom. The third-order valence-electron chi connectivity index (χ3n) is 3.11. The van der Waals surface area contributed by atoms with Crippen LogP contribution < -0.4 is 10.5 Å². The highest BCUT2D eigenvalue weighted by molar-refractivity contribution is 5.37. The second-order valence-corrected chi connectivity index (χ2v) is 4.96. The van der Waals surface area contributed by atoms with Gasteiger partial charge in [-0.15, -0.1) is 0 Å². The van der Waals surface area contributed by atoms with Gasteiger partial charge < -0.3 is 10.5 Å². The molecule has 0 saturated carbocycles. The number of rotatable bonds is 3. The maximum absolute atomic E-state index is 8.81. The molecule has 0 spiro atoms. The second-order valence-electron chi connectivity index (χ2n) is 4.96. The summed E-state index contributed by atoms with van der Waals surface area (Å²) >= 11 is 0. The number of ether oxygens (including phenoxy) is 1. The SMILES string of the molecule is CC(N)(C#N)COc1ccc2c(c1)CCCC2. The van der Waals surface area contributed by atoms with Crippen LogP contribution in [0.2, 0.25) is 0 Å². The van der Waals surface area contributed by atoms with Gasteiger partial charge >= 0.3 is 0 Å². The number of fused-ring (bicyclic) bond motifs is 1. The standard InChI is InChI=1S/C14H18N2O/c1-14(16,9-15)10-17-13-7-6-11-4-2-3-5-12(11)8-13/h6-8H,2-5,10,16H2,1H3. The first-order valence-corrected chi connectivity index (χ1v) is 6.05. The van der Waals surface area contributed by atoms with Crippen LogP contribution in [-0.4, -0.2) is 12.1 Å². The van der Waals surface area contributed by atoms with E-state index in [0.29, 0.717) is 0 Å². The normalized spacial score (nSPS) is 17.7. The summed E-state index contributed by atoms with van der Waals surface area (Å²) in [7, 11) is 0. The fourth-order valence-corrected chi connectivity index (χ4v) is 2.07. The van der Waals surface area contributed by atoms with Gasteiger partial charge in [-0.25, -0.2) is 0 Å². The predicted molar refractivity (Wildman–Crippen MR) is 66.8 cm³/mol. The lowest BCUT2D eigenvalue weighted by Gasteiger charge is -2.19. The van der Waals surface area contributed by atoms with Crippen LogP contribution in [0.15, 0.2) is 18.2 Å². The Morgan fingerprint density at radius 2 is 2.06 bits per heavy atom. The summed E-state index contributed by atoms with van der Waals surface area (Å²) in [6.45, 7) is 1.90. The van der Waals surface area contributed by atoms with Crippen molar-refractivity contribution < 1.29 is 4.74 Å². The van der Waals surface area contributed by atoms with Crippen LogP contribution in [0.25, 0.3) is 0 Å². The number of nitriles is 1. The predicted octanol–water partition coefficient (Wildman–Crippen LogP) is 2.19. The molecule has 2 N–H and O–H groups in total. The minimum absolute atomic E-state index is 0.224. The Morgan fingerprint density at radius 3 is 2.76 bits per heavy atom. The van der Waals surface area contributed by atoms with E-state index in [1.165, 1.54) is 30.4 Å². The Hall–Kier alpha value is -1.53. The molecule has 90 valence electrons. The topological polar surface area (TPSA) is 59.0 Å². The highest BCUT2D eigenvalue weighted by Gasteiger charge is 2.18. The first-order valence-electron chi connectivity index (χ1n) is 6.05. The first-order chi connectivity index (χ1) is 8.11. The van der Waals surface area contributed by atoms with E-state index in [9.17, 15) is 0 Å². The lowest BCUT2D eigenvalue weighted by atomic mass is 9.92. The number of hydrogen-bond donors (Lipinski definition) is 1. The highest BCUT2D eigenvalue weighted by Crippen LogP contribution is 2.25. The second kappa shape index (κ2) is 4.77. The largest absolute Gasteiger partial charge is 0.491 e. The molecule has 1 aliphatic carbocycles. The summed E-state index contributed by atoms with van der Waals surface area (Å²) < 4.78 is 5.58. The van der Waals surface area contributed by atoms with Crippen molar-refractivity contribution >= 4 is 0 Å². The molecular weight excluding hydrogens is 212 g/mol. The van der Waals surface area contributed by atoms with E-state index in [1.54, 1.807) is 6.92 Å². The van der Waals surface area contributed by atoms with Gasteiger partial charge in [0.05, 0.1) is 6.07 Å². The summed E-state index contributed by atoms with van der Waals surface area (Å²) in [6.07, 6.45) is 4.83. The smallest absolute Gasteiger partial charge is 0.135 e. The van der Waals surface area contributed by atoms with E-state index in [-0.39, 0.29) is 6.61 Å². The van der Waals surface area contributed by atoms with Gasteiger partial charge in [-0.1, -0.05) is 6.07 Å². The summed E-state index contributed by atoms with van der Waals surface area (Å²) in [5.74, 6) is 0.817. The molecule has 0 heterocycles. The van der Waals surface area contributed by atoms with Gasteiger partial charge in [-0.05, 0) is 55.9 Å². The molecule has 0 radical (unpaired) electrons. The zero-order chi connectivity index (χ0) is 12.3. The van der Waals surface area contributed by atoms with Crippen LogP contribution in [0, 0.1) is 11.3 Å². The van der Waals surface area contributed by atoms with Crippen LogP contribution in [0.3, 0.4) is 0 Å². The zero-order valence-electron chi connectivity index (χ0n) is 10.2. The van der Waals surface area contributed by atoms with E-state index >= 15 is 0 Å². The van der Waals surface area contributed by atoms with Crippen LogP contribution >= 0.6 is 0 Å². The molecule has 0 amide bonds. The fraction of sp³-hybridized carbons (Fsp3) is 0.500. The average Bonchev–Trinajstić information content (AvgIpc) is 2.36. The highest BCUT2D eigenvalue weighted by atomic mass is 16.5. The molecule has 1 unspecified atom stereocenters. The van der Waals surface area contributed by atoms with Gasteiger partial charge in [0.25, 0.3) is 0 Å². The molecule has 0 bridgehead atoms. The molecule has 1 aromatic carbocycles. The van der Waals surface area contributed by atoms with E-state index in [1.807, 2.05) is 12.1 Å². The van der Waals surface area contributed by atoms with E-state index in [4.69, 9.17) is 15.7 Å². The van der Waals surface area contributed by atoms with Gasteiger partial charge in [0.1, 0.15) is 17.9 Å². The Labute approximate surface area is 102 Å². The average molecular weight is 230 g/mol. The summed E-state index contributed by atoms with van der Waals surface area (Å²) in [5, 5.41) is 8.81. The molecule has 0 saturated heterocycles. The third kappa shape index (κ3) is 2.98. The molecule has 3 nitrogen and oxygen atoms in total. The molecule has 0 fully saturated rings. The van der Waals surface area contributed by atoms with Gasteiger partial charge in [0.15, 0.2) is 0 Å². The van der Waals surface area contributed by atoms with Gasteiger partial charge in [0, 0.05) is 0 Å². The number of benzene rings is 1. The monoisotopic (exact) mass is 230 g/mol. The molecular formula is C14H18N2O. The molecule has 1 aliphatic rings. The number of aryl methyl sites for hydroxylation is 2. The Kier molecular flexibility index (Phi) is 3.35. The van der Waals surface area contributed by atoms with Gasteiger partial charge in [-0.2, -0.15) is 5.26 Å². The van der Waals surface area contributed by atoms with Crippen LogP contribution in [0.5, 0.6) is 5.75 Å². The van der Waals surface area contributed by atoms with E-state index < -0.39 is 5.54 Å². The van der Waals surface area contributed by atoms with Crippen LogP contribution in [0.4, 0.5) is 0 Å². The maximum atomic E-state index is 8.81. The maximum Gasteiger partial charge on any atom is 0.135 e. The third-order valence-corrected chi connectivity index (χ3v) is 3.11. The molecule has 1 aromatic rings. The van der Waals surface area contributed by atoms with Crippen molar-refractivity contribution in [3.8, 4) is 11.8 Å². The van der Waals surface area contributed by atoms with Crippen LogP contribution in [0.1, 0.15) is 30.9 Å². The summed E-state index contributed by atoms with van der Waals surface area (Å²) in [4.78, 5) is 0. The zero-order valence-corrected chi connectivity index (χ0v) is 10.2. The van der Waals surface area contributed by atoms with Crippen LogP contribution in [-0.2, 0) is 12.8 Å². The minimum atomic E-state index is -0.921. The van der Waals surface area contributed by atoms with Crippen molar-refractivity contribution in [3.05, 3.63) is 29.3 Å². The number of nitrogens with zero attached hydrogens (tertiary/aromatic N) is 1. The summed E-state index contributed by atoms with van der Waals surface area (Å²) in [6, 6.07) is 8.21. The molecule has 17 heavy (non-hydrogen) atoms. The first kappa shape index (κ1) is 11.9. The van der Waals surface area contributed by atoms with Crippen molar-refractivity contribution in [2.75, 3.05) is 6.61 Å². The van der Waals surface area contributed by atoms with Crippen molar-refractivity contribution in [2.24, 2.45) is 5.73 Å². The van der Waals surface area contributed by atoms with Crippen molar-refractivity contribution in [3.63, 3.8) is 0 Å². The van der Waals surface area contributed by atoms with E-state index in [2.05, 4.69) is 12.1 Å². The van der Waals surface area contributed by atoms with E-state index in [0.717, 1.165) is 12.2 Å². The summed E-state index contributed by atoms with van der Waals surface area (Å²) in [5.41, 5.74) is 7.60. The number of hydrogen-bond acceptors (Lipinski definition) is 3. The molecule has 0 aliphatic heterocycles. The quantitative estimate of drug-likeness (QED) is 0.865. The van der Waals surface area contributed by atoms with Gasteiger partial charge in [0.2, 0.25) is 0 Å². The molecule has 2 rings (SSSR count). The minimum Gasteiger partial charge on any atom is -0.491 e. The van der Waals surface area contributed by atoms with Gasteiger partial charge in [-0.3, -0.25) is 0 Å². The Balaban J connectivity index is 2.05. The molecule has 3 heteroatoms. The molecule has 0 aromatic heterocycles.